The summed E-state index contributed by atoms with van der Waals surface area (Å²) in [5.74, 6) is -0.0122. The Kier molecular flexibility index (Phi) is 5.97. The molecule has 0 spiro atoms. The molecule has 1 amide bonds. The summed E-state index contributed by atoms with van der Waals surface area (Å²) in [4.78, 5) is 14.2. The van der Waals surface area contributed by atoms with Crippen LogP contribution < -0.4 is 5.32 Å². The summed E-state index contributed by atoms with van der Waals surface area (Å²) in [5, 5.41) is 2.95. The Balaban J connectivity index is 1.94. The number of halogens is 1. The number of likely N-dealkylation sites (N-methyl/N-ethyl adjacent to an activating group) is 1. The number of anilines is 1. The van der Waals surface area contributed by atoms with Gasteiger partial charge in [0.1, 0.15) is 0 Å². The van der Waals surface area contributed by atoms with E-state index in [0.29, 0.717) is 6.54 Å². The highest BCUT2D eigenvalue weighted by Gasteiger charge is 2.10. The first-order chi connectivity index (χ1) is 10.8. The summed E-state index contributed by atoms with van der Waals surface area (Å²) >= 11 is 3.48. The van der Waals surface area contributed by atoms with E-state index in [1.54, 1.807) is 0 Å². The number of nitrogens with zero attached hydrogens (tertiary/aromatic N) is 1. The zero-order chi connectivity index (χ0) is 17.0. The Morgan fingerprint density at radius 2 is 1.74 bits per heavy atom. The summed E-state index contributed by atoms with van der Waals surface area (Å²) in [7, 11) is 1.96. The fraction of sp³-hybridized carbons (Fsp3) is 0.316. The van der Waals surface area contributed by atoms with Crippen LogP contribution in [0.15, 0.2) is 40.9 Å². The molecule has 0 aromatic heterocycles. The fourth-order valence-electron chi connectivity index (χ4n) is 2.53. The van der Waals surface area contributed by atoms with Crippen molar-refractivity contribution in [1.82, 2.24) is 4.90 Å². The first kappa shape index (κ1) is 17.7. The van der Waals surface area contributed by atoms with Gasteiger partial charge in [0, 0.05) is 11.0 Å². The summed E-state index contributed by atoms with van der Waals surface area (Å²) < 4.78 is 0.905. The van der Waals surface area contributed by atoms with Crippen LogP contribution in [0.5, 0.6) is 0 Å². The molecule has 122 valence electrons. The summed E-state index contributed by atoms with van der Waals surface area (Å²) in [6, 6.07) is 12.3. The molecule has 4 heteroatoms. The van der Waals surface area contributed by atoms with E-state index in [2.05, 4.69) is 53.3 Å². The highest BCUT2D eigenvalue weighted by molar-refractivity contribution is 9.10. The second kappa shape index (κ2) is 7.75. The van der Waals surface area contributed by atoms with Crippen molar-refractivity contribution in [3.8, 4) is 0 Å². The van der Waals surface area contributed by atoms with Crippen LogP contribution >= 0.6 is 15.9 Å². The third kappa shape index (κ3) is 5.19. The maximum atomic E-state index is 12.2. The minimum atomic E-state index is -0.0122. The van der Waals surface area contributed by atoms with Gasteiger partial charge in [-0.2, -0.15) is 0 Å². The van der Waals surface area contributed by atoms with E-state index < -0.39 is 0 Å². The highest BCUT2D eigenvalue weighted by Crippen LogP contribution is 2.23. The van der Waals surface area contributed by atoms with Gasteiger partial charge in [0.15, 0.2) is 0 Å². The molecule has 3 nitrogen and oxygen atoms in total. The molecule has 0 radical (unpaired) electrons. The molecule has 0 saturated heterocycles. The molecule has 2 rings (SSSR count). The normalized spacial score (nSPS) is 10.9. The molecular weight excluding hydrogens is 352 g/mol. The monoisotopic (exact) mass is 374 g/mol. The van der Waals surface area contributed by atoms with Crippen LogP contribution in [-0.2, 0) is 11.3 Å². The van der Waals surface area contributed by atoms with Crippen LogP contribution in [0.3, 0.4) is 0 Å². The Bertz CT molecular complexity index is 713. The standard InChI is InChI=1S/C19H23BrN2O/c1-13-5-7-16(15(3)9-13)11-22(4)12-19(23)21-18-8-6-14(2)10-17(18)20/h5-10H,11-12H2,1-4H3,(H,21,23). The van der Waals surface area contributed by atoms with Gasteiger partial charge in [-0.15, -0.1) is 0 Å². The Morgan fingerprint density at radius 1 is 1.09 bits per heavy atom. The molecule has 0 aliphatic heterocycles. The van der Waals surface area contributed by atoms with Crippen molar-refractivity contribution < 1.29 is 4.79 Å². The number of rotatable bonds is 5. The first-order valence-electron chi connectivity index (χ1n) is 7.66. The second-order valence-corrected chi connectivity index (χ2v) is 6.99. The predicted molar refractivity (Wildman–Crippen MR) is 99.8 cm³/mol. The lowest BCUT2D eigenvalue weighted by atomic mass is 10.1. The van der Waals surface area contributed by atoms with Crippen LogP contribution in [0.1, 0.15) is 22.3 Å². The van der Waals surface area contributed by atoms with E-state index in [0.717, 1.165) is 22.3 Å². The molecule has 23 heavy (non-hydrogen) atoms. The lowest BCUT2D eigenvalue weighted by molar-refractivity contribution is -0.117. The summed E-state index contributed by atoms with van der Waals surface area (Å²) in [5.41, 5.74) is 5.74. The minimum Gasteiger partial charge on any atom is -0.324 e. The predicted octanol–water partition coefficient (Wildman–Crippen LogP) is 4.44. The van der Waals surface area contributed by atoms with E-state index >= 15 is 0 Å². The van der Waals surface area contributed by atoms with Gasteiger partial charge in [0.2, 0.25) is 5.91 Å². The second-order valence-electron chi connectivity index (χ2n) is 6.13. The van der Waals surface area contributed by atoms with Gasteiger partial charge in [-0.25, -0.2) is 0 Å². The van der Waals surface area contributed by atoms with E-state index in [1.165, 1.54) is 16.7 Å². The Morgan fingerprint density at radius 3 is 2.39 bits per heavy atom. The number of nitrogens with one attached hydrogen (secondary N) is 1. The van der Waals surface area contributed by atoms with Crippen molar-refractivity contribution in [1.29, 1.82) is 0 Å². The van der Waals surface area contributed by atoms with Crippen molar-refractivity contribution in [3.63, 3.8) is 0 Å². The minimum absolute atomic E-state index is 0.0122. The molecule has 2 aromatic rings. The van der Waals surface area contributed by atoms with Gasteiger partial charge in [-0.1, -0.05) is 29.8 Å². The number of benzene rings is 2. The molecule has 0 aliphatic carbocycles. The van der Waals surface area contributed by atoms with Crippen LogP contribution in [0.25, 0.3) is 0 Å². The van der Waals surface area contributed by atoms with Crippen LogP contribution in [0, 0.1) is 20.8 Å². The number of amides is 1. The Labute approximate surface area is 146 Å². The molecule has 2 aromatic carbocycles. The molecule has 0 fully saturated rings. The molecule has 0 heterocycles. The van der Waals surface area contributed by atoms with E-state index in [1.807, 2.05) is 37.1 Å². The van der Waals surface area contributed by atoms with Gasteiger partial charge in [0.25, 0.3) is 0 Å². The average Bonchev–Trinajstić information content (AvgIpc) is 2.45. The van der Waals surface area contributed by atoms with E-state index in [4.69, 9.17) is 0 Å². The van der Waals surface area contributed by atoms with Gasteiger partial charge < -0.3 is 5.32 Å². The summed E-state index contributed by atoms with van der Waals surface area (Å²) in [6.07, 6.45) is 0. The molecule has 0 unspecified atom stereocenters. The van der Waals surface area contributed by atoms with Gasteiger partial charge in [-0.05, 0) is 72.6 Å². The quantitative estimate of drug-likeness (QED) is 0.838. The zero-order valence-electron chi connectivity index (χ0n) is 14.1. The van der Waals surface area contributed by atoms with E-state index in [-0.39, 0.29) is 5.91 Å². The third-order valence-electron chi connectivity index (χ3n) is 3.75. The number of carbonyl (C=O) groups excluding carboxylic acids is 1. The van der Waals surface area contributed by atoms with Crippen molar-refractivity contribution >= 4 is 27.5 Å². The summed E-state index contributed by atoms with van der Waals surface area (Å²) in [6.45, 7) is 7.34. The van der Waals surface area contributed by atoms with Gasteiger partial charge >= 0.3 is 0 Å². The topological polar surface area (TPSA) is 32.3 Å². The molecular formula is C19H23BrN2O. The van der Waals surface area contributed by atoms with Crippen molar-refractivity contribution in [2.45, 2.75) is 27.3 Å². The lowest BCUT2D eigenvalue weighted by Gasteiger charge is -2.18. The number of aryl methyl sites for hydroxylation is 3. The third-order valence-corrected chi connectivity index (χ3v) is 4.41. The maximum Gasteiger partial charge on any atom is 0.238 e. The average molecular weight is 375 g/mol. The SMILES string of the molecule is Cc1ccc(CN(C)CC(=O)Nc2ccc(C)cc2Br)c(C)c1. The lowest BCUT2D eigenvalue weighted by Crippen LogP contribution is -2.30. The van der Waals surface area contributed by atoms with Gasteiger partial charge in [-0.3, -0.25) is 9.69 Å². The molecule has 0 saturated carbocycles. The zero-order valence-corrected chi connectivity index (χ0v) is 15.7. The number of hydrogen-bond donors (Lipinski definition) is 1. The molecule has 0 aliphatic rings. The highest BCUT2D eigenvalue weighted by atomic mass is 79.9. The molecule has 1 N–H and O–H groups in total. The Hall–Kier alpha value is -1.65. The fourth-order valence-corrected chi connectivity index (χ4v) is 3.12. The van der Waals surface area contributed by atoms with Crippen LogP contribution in [0.2, 0.25) is 0 Å². The van der Waals surface area contributed by atoms with Gasteiger partial charge in [0.05, 0.1) is 12.2 Å². The first-order valence-corrected chi connectivity index (χ1v) is 8.45. The van der Waals surface area contributed by atoms with Crippen molar-refractivity contribution in [2.24, 2.45) is 0 Å². The number of carbonyl (C=O) groups is 1. The van der Waals surface area contributed by atoms with E-state index in [9.17, 15) is 4.79 Å². The molecule has 0 bridgehead atoms. The maximum absolute atomic E-state index is 12.2. The van der Waals surface area contributed by atoms with Crippen LogP contribution in [0.4, 0.5) is 5.69 Å². The number of hydrogen-bond acceptors (Lipinski definition) is 2. The van der Waals surface area contributed by atoms with Crippen molar-refractivity contribution in [3.05, 3.63) is 63.1 Å². The van der Waals surface area contributed by atoms with Crippen molar-refractivity contribution in [2.75, 3.05) is 18.9 Å². The van der Waals surface area contributed by atoms with Crippen LogP contribution in [-0.4, -0.2) is 24.4 Å². The molecule has 0 atom stereocenters. The largest absolute Gasteiger partial charge is 0.324 e. The smallest absolute Gasteiger partial charge is 0.238 e.